The van der Waals surface area contributed by atoms with E-state index in [9.17, 15) is 9.59 Å². The minimum Gasteiger partial charge on any atom is -0.495 e. The standard InChI is InChI=1S/C18H16ClNO6/c1-10(17(21)20-13-8-12(19)4-6-14(13)23-2)26-18(22)11-3-5-15-16(7-11)25-9-24-15/h3-8,10H,9H2,1-2H3,(H,20,21)/t10-/m0/s1. The molecule has 0 bridgehead atoms. The van der Waals surface area contributed by atoms with Crippen LogP contribution in [0.4, 0.5) is 5.69 Å². The first kappa shape index (κ1) is 17.9. The average Bonchev–Trinajstić information content (AvgIpc) is 3.09. The summed E-state index contributed by atoms with van der Waals surface area (Å²) in [6.07, 6.45) is -1.03. The van der Waals surface area contributed by atoms with Crippen molar-refractivity contribution < 1.29 is 28.5 Å². The van der Waals surface area contributed by atoms with Crippen molar-refractivity contribution in [3.63, 3.8) is 0 Å². The summed E-state index contributed by atoms with van der Waals surface area (Å²) in [6.45, 7) is 1.57. The quantitative estimate of drug-likeness (QED) is 0.805. The predicted molar refractivity (Wildman–Crippen MR) is 94.1 cm³/mol. The Kier molecular flexibility index (Phi) is 5.18. The lowest BCUT2D eigenvalue weighted by molar-refractivity contribution is -0.123. The van der Waals surface area contributed by atoms with Gasteiger partial charge in [0.25, 0.3) is 5.91 Å². The Hall–Kier alpha value is -2.93. The van der Waals surface area contributed by atoms with Crippen molar-refractivity contribution in [1.82, 2.24) is 0 Å². The van der Waals surface area contributed by atoms with Crippen molar-refractivity contribution in [3.05, 3.63) is 47.0 Å². The Morgan fingerprint density at radius 2 is 1.92 bits per heavy atom. The zero-order chi connectivity index (χ0) is 18.7. The smallest absolute Gasteiger partial charge is 0.339 e. The number of fused-ring (bicyclic) bond motifs is 1. The first-order valence-corrected chi connectivity index (χ1v) is 8.11. The predicted octanol–water partition coefficient (Wildman–Crippen LogP) is 3.26. The van der Waals surface area contributed by atoms with Gasteiger partial charge in [0.2, 0.25) is 6.79 Å². The van der Waals surface area contributed by atoms with Gasteiger partial charge in [-0.25, -0.2) is 4.79 Å². The SMILES string of the molecule is COc1ccc(Cl)cc1NC(=O)[C@H](C)OC(=O)c1ccc2c(c1)OCO2. The van der Waals surface area contributed by atoms with Crippen molar-refractivity contribution in [2.24, 2.45) is 0 Å². The van der Waals surface area contributed by atoms with Crippen LogP contribution in [0.1, 0.15) is 17.3 Å². The third-order valence-electron chi connectivity index (χ3n) is 3.68. The lowest BCUT2D eigenvalue weighted by Crippen LogP contribution is -2.30. The summed E-state index contributed by atoms with van der Waals surface area (Å²) in [5.41, 5.74) is 0.644. The van der Waals surface area contributed by atoms with Crippen molar-refractivity contribution in [1.29, 1.82) is 0 Å². The molecule has 3 rings (SSSR count). The maximum atomic E-state index is 12.3. The fourth-order valence-electron chi connectivity index (χ4n) is 2.32. The van der Waals surface area contributed by atoms with Gasteiger partial charge in [-0.15, -0.1) is 0 Å². The van der Waals surface area contributed by atoms with Crippen LogP contribution in [0.15, 0.2) is 36.4 Å². The van der Waals surface area contributed by atoms with E-state index in [1.165, 1.54) is 20.1 Å². The Bertz CT molecular complexity index is 854. The van der Waals surface area contributed by atoms with E-state index in [1.807, 2.05) is 0 Å². The number of carbonyl (C=O) groups excluding carboxylic acids is 2. The summed E-state index contributed by atoms with van der Waals surface area (Å²) in [4.78, 5) is 24.6. The third-order valence-corrected chi connectivity index (χ3v) is 3.92. The van der Waals surface area contributed by atoms with Crippen LogP contribution in [0, 0.1) is 0 Å². The van der Waals surface area contributed by atoms with Gasteiger partial charge >= 0.3 is 5.97 Å². The monoisotopic (exact) mass is 377 g/mol. The molecule has 0 radical (unpaired) electrons. The van der Waals surface area contributed by atoms with Gasteiger partial charge in [-0.1, -0.05) is 11.6 Å². The van der Waals surface area contributed by atoms with Crippen LogP contribution in [-0.2, 0) is 9.53 Å². The van der Waals surface area contributed by atoms with Crippen molar-refractivity contribution >= 4 is 29.2 Å². The molecule has 0 unspecified atom stereocenters. The highest BCUT2D eigenvalue weighted by Crippen LogP contribution is 2.33. The molecule has 1 heterocycles. The molecular formula is C18H16ClNO6. The van der Waals surface area contributed by atoms with E-state index in [1.54, 1.807) is 30.3 Å². The maximum Gasteiger partial charge on any atom is 0.339 e. The molecule has 26 heavy (non-hydrogen) atoms. The number of anilines is 1. The van der Waals surface area contributed by atoms with Gasteiger partial charge in [0.15, 0.2) is 17.6 Å². The Morgan fingerprint density at radius 3 is 2.69 bits per heavy atom. The number of ether oxygens (including phenoxy) is 4. The zero-order valence-electron chi connectivity index (χ0n) is 14.1. The number of methoxy groups -OCH3 is 1. The molecule has 0 fully saturated rings. The number of hydrogen-bond donors (Lipinski definition) is 1. The number of amides is 1. The zero-order valence-corrected chi connectivity index (χ0v) is 14.8. The normalized spacial score (nSPS) is 13.0. The first-order valence-electron chi connectivity index (χ1n) is 7.73. The minimum absolute atomic E-state index is 0.105. The van der Waals surface area contributed by atoms with Gasteiger partial charge in [0, 0.05) is 5.02 Å². The van der Waals surface area contributed by atoms with Gasteiger partial charge in [-0.3, -0.25) is 4.79 Å². The largest absolute Gasteiger partial charge is 0.495 e. The van der Waals surface area contributed by atoms with E-state index in [0.717, 1.165) is 0 Å². The Labute approximate surface area is 154 Å². The second kappa shape index (κ2) is 7.53. The maximum absolute atomic E-state index is 12.3. The molecular weight excluding hydrogens is 362 g/mol. The van der Waals surface area contributed by atoms with Crippen LogP contribution in [0.5, 0.6) is 17.2 Å². The molecule has 8 heteroatoms. The third kappa shape index (κ3) is 3.83. The van der Waals surface area contributed by atoms with Gasteiger partial charge < -0.3 is 24.3 Å². The lowest BCUT2D eigenvalue weighted by Gasteiger charge is -2.15. The molecule has 0 aromatic heterocycles. The highest BCUT2D eigenvalue weighted by molar-refractivity contribution is 6.31. The number of benzene rings is 2. The first-order chi connectivity index (χ1) is 12.5. The van der Waals surface area contributed by atoms with Crippen LogP contribution in [0.2, 0.25) is 5.02 Å². The van der Waals surface area contributed by atoms with Gasteiger partial charge in [0.1, 0.15) is 5.75 Å². The number of halogens is 1. The summed E-state index contributed by atoms with van der Waals surface area (Å²) < 4.78 is 20.8. The molecule has 1 atom stereocenters. The number of rotatable bonds is 5. The number of hydrogen-bond acceptors (Lipinski definition) is 6. The second-order valence-electron chi connectivity index (χ2n) is 5.45. The number of esters is 1. The highest BCUT2D eigenvalue weighted by atomic mass is 35.5. The molecule has 0 saturated carbocycles. The fourth-order valence-corrected chi connectivity index (χ4v) is 2.49. The lowest BCUT2D eigenvalue weighted by atomic mass is 10.2. The fraction of sp³-hybridized carbons (Fsp3) is 0.222. The molecule has 0 saturated heterocycles. The van der Waals surface area contributed by atoms with Gasteiger partial charge in [-0.05, 0) is 43.3 Å². The van der Waals surface area contributed by atoms with Crippen molar-refractivity contribution in [2.45, 2.75) is 13.0 Å². The molecule has 1 amide bonds. The summed E-state index contributed by atoms with van der Waals surface area (Å²) in [7, 11) is 1.47. The summed E-state index contributed by atoms with van der Waals surface area (Å²) in [6, 6.07) is 9.47. The van der Waals surface area contributed by atoms with E-state index in [4.69, 9.17) is 30.5 Å². The van der Waals surface area contributed by atoms with Crippen LogP contribution >= 0.6 is 11.6 Å². The Morgan fingerprint density at radius 1 is 1.15 bits per heavy atom. The second-order valence-corrected chi connectivity index (χ2v) is 5.89. The summed E-state index contributed by atoms with van der Waals surface area (Å²) in [5, 5.41) is 3.07. The molecule has 2 aromatic carbocycles. The van der Waals surface area contributed by atoms with E-state index in [2.05, 4.69) is 5.32 Å². The molecule has 1 aliphatic rings. The molecule has 0 spiro atoms. The minimum atomic E-state index is -1.03. The molecule has 1 N–H and O–H groups in total. The van der Waals surface area contributed by atoms with Crippen LogP contribution in [0.25, 0.3) is 0 Å². The molecule has 7 nitrogen and oxygen atoms in total. The van der Waals surface area contributed by atoms with Crippen LogP contribution in [-0.4, -0.2) is 31.9 Å². The molecule has 2 aromatic rings. The van der Waals surface area contributed by atoms with Crippen molar-refractivity contribution in [3.8, 4) is 17.2 Å². The number of nitrogens with one attached hydrogen (secondary N) is 1. The summed E-state index contributed by atoms with van der Waals surface area (Å²) in [5.74, 6) is 0.293. The molecule has 1 aliphatic heterocycles. The summed E-state index contributed by atoms with van der Waals surface area (Å²) >= 11 is 5.93. The van der Waals surface area contributed by atoms with Crippen molar-refractivity contribution in [2.75, 3.05) is 19.2 Å². The highest BCUT2D eigenvalue weighted by Gasteiger charge is 2.22. The van der Waals surface area contributed by atoms with Gasteiger partial charge in [0.05, 0.1) is 18.4 Å². The molecule has 0 aliphatic carbocycles. The van der Waals surface area contributed by atoms with E-state index < -0.39 is 18.0 Å². The van der Waals surface area contributed by atoms with Gasteiger partial charge in [-0.2, -0.15) is 0 Å². The van der Waals surface area contributed by atoms with E-state index >= 15 is 0 Å². The van der Waals surface area contributed by atoms with Crippen LogP contribution < -0.4 is 19.5 Å². The topological polar surface area (TPSA) is 83.1 Å². The Balaban J connectivity index is 1.66. The van der Waals surface area contributed by atoms with E-state index in [0.29, 0.717) is 28.0 Å². The average molecular weight is 378 g/mol. The number of carbonyl (C=O) groups is 2. The molecule has 136 valence electrons. The van der Waals surface area contributed by atoms with E-state index in [-0.39, 0.29) is 12.4 Å². The van der Waals surface area contributed by atoms with Crippen LogP contribution in [0.3, 0.4) is 0 Å².